The molecule has 1 aliphatic carbocycles. The molecule has 3 aliphatic heterocycles. The van der Waals surface area contributed by atoms with Crippen LogP contribution in [0.2, 0.25) is 0 Å². The third kappa shape index (κ3) is 3.00. The Morgan fingerprint density at radius 2 is 1.96 bits per heavy atom. The van der Waals surface area contributed by atoms with Gasteiger partial charge in [-0.15, -0.1) is 0 Å². The molecule has 4 aliphatic rings. The summed E-state index contributed by atoms with van der Waals surface area (Å²) < 4.78 is 35.2. The molecule has 144 valence electrons. The first kappa shape index (κ1) is 17.2. The van der Waals surface area contributed by atoms with Gasteiger partial charge in [0.2, 0.25) is 10.0 Å². The van der Waals surface area contributed by atoms with E-state index in [0.29, 0.717) is 36.6 Å². The van der Waals surface area contributed by atoms with Gasteiger partial charge < -0.3 is 4.74 Å². The molecule has 26 heavy (non-hydrogen) atoms. The first-order valence-corrected chi connectivity index (χ1v) is 11.4. The van der Waals surface area contributed by atoms with E-state index in [0.717, 1.165) is 31.9 Å². The van der Waals surface area contributed by atoms with Crippen molar-refractivity contribution >= 4 is 10.0 Å². The normalized spacial score (nSPS) is 34.1. The van der Waals surface area contributed by atoms with E-state index < -0.39 is 10.0 Å². The number of hydrogen-bond donors (Lipinski definition) is 0. The molecule has 1 saturated carbocycles. The third-order valence-electron chi connectivity index (χ3n) is 6.59. The van der Waals surface area contributed by atoms with Crippen LogP contribution in [0.4, 0.5) is 0 Å². The Hall–Kier alpha value is -0.960. The molecule has 4 heterocycles. The summed E-state index contributed by atoms with van der Waals surface area (Å²) in [6, 6.07) is 1.52. The molecule has 0 spiro atoms. The van der Waals surface area contributed by atoms with Gasteiger partial charge in [-0.25, -0.2) is 8.42 Å². The predicted octanol–water partition coefficient (Wildman–Crippen LogP) is 1.48. The first-order chi connectivity index (χ1) is 12.6. The van der Waals surface area contributed by atoms with E-state index in [1.807, 2.05) is 0 Å². The summed E-state index contributed by atoms with van der Waals surface area (Å²) in [5.74, 6) is 0.478. The average molecular weight is 381 g/mol. The summed E-state index contributed by atoms with van der Waals surface area (Å²) in [5.41, 5.74) is 0. The maximum absolute atomic E-state index is 13.1. The standard InChI is InChI=1S/C18H28N4O3S/c23-26(24,17-10-19-22(12-17)16-6-9-25-13-16)20-8-5-18-14(11-20)2-1-7-21(18)15-3-4-15/h10,12,14-16,18H,1-9,11,13H2. The van der Waals surface area contributed by atoms with Crippen LogP contribution in [0, 0.1) is 5.92 Å². The topological polar surface area (TPSA) is 67.7 Å². The second-order valence-corrected chi connectivity index (χ2v) is 10.2. The number of nitrogens with zero attached hydrogens (tertiary/aromatic N) is 4. The first-order valence-electron chi connectivity index (χ1n) is 10.0. The zero-order valence-electron chi connectivity index (χ0n) is 15.2. The van der Waals surface area contributed by atoms with Crippen LogP contribution in [0.5, 0.6) is 0 Å². The van der Waals surface area contributed by atoms with E-state index in [9.17, 15) is 8.42 Å². The fourth-order valence-corrected chi connectivity index (χ4v) is 6.47. The number of aromatic nitrogens is 2. The lowest BCUT2D eigenvalue weighted by Gasteiger charge is -2.47. The van der Waals surface area contributed by atoms with Crippen LogP contribution in [0.3, 0.4) is 0 Å². The number of likely N-dealkylation sites (tertiary alicyclic amines) is 1. The van der Waals surface area contributed by atoms with Crippen LogP contribution in [0.15, 0.2) is 17.3 Å². The Balaban J connectivity index is 1.31. The summed E-state index contributed by atoms with van der Waals surface area (Å²) >= 11 is 0. The molecule has 0 bridgehead atoms. The van der Waals surface area contributed by atoms with Crippen molar-refractivity contribution in [2.24, 2.45) is 5.92 Å². The van der Waals surface area contributed by atoms with Crippen molar-refractivity contribution in [1.29, 1.82) is 0 Å². The van der Waals surface area contributed by atoms with Crippen molar-refractivity contribution in [3.63, 3.8) is 0 Å². The Morgan fingerprint density at radius 3 is 2.73 bits per heavy atom. The maximum atomic E-state index is 13.1. The number of hydrogen-bond acceptors (Lipinski definition) is 5. The highest BCUT2D eigenvalue weighted by Crippen LogP contribution is 2.39. The van der Waals surface area contributed by atoms with Crippen LogP contribution < -0.4 is 0 Å². The Kier molecular flexibility index (Phi) is 4.34. The molecule has 0 N–H and O–H groups in total. The average Bonchev–Trinajstić information content (AvgIpc) is 3.13. The van der Waals surface area contributed by atoms with Gasteiger partial charge >= 0.3 is 0 Å². The largest absolute Gasteiger partial charge is 0.379 e. The third-order valence-corrected chi connectivity index (χ3v) is 8.40. The van der Waals surface area contributed by atoms with Gasteiger partial charge in [-0.2, -0.15) is 9.40 Å². The highest BCUT2D eigenvalue weighted by atomic mass is 32.2. The van der Waals surface area contributed by atoms with E-state index in [-0.39, 0.29) is 6.04 Å². The maximum Gasteiger partial charge on any atom is 0.246 e. The number of sulfonamides is 1. The lowest BCUT2D eigenvalue weighted by Crippen LogP contribution is -2.55. The van der Waals surface area contributed by atoms with E-state index in [2.05, 4.69) is 10.00 Å². The van der Waals surface area contributed by atoms with E-state index in [1.54, 1.807) is 15.2 Å². The molecule has 8 heteroatoms. The quantitative estimate of drug-likeness (QED) is 0.792. The van der Waals surface area contributed by atoms with Crippen molar-refractivity contribution in [3.8, 4) is 0 Å². The zero-order valence-corrected chi connectivity index (χ0v) is 16.0. The van der Waals surface area contributed by atoms with Gasteiger partial charge in [0.15, 0.2) is 0 Å². The van der Waals surface area contributed by atoms with Gasteiger partial charge in [-0.1, -0.05) is 0 Å². The lowest BCUT2D eigenvalue weighted by atomic mass is 9.84. The Labute approximate surface area is 155 Å². The summed E-state index contributed by atoms with van der Waals surface area (Å²) in [6.07, 6.45) is 10.1. The zero-order chi connectivity index (χ0) is 17.7. The molecule has 1 aromatic heterocycles. The van der Waals surface area contributed by atoms with E-state index in [4.69, 9.17) is 4.74 Å². The second-order valence-electron chi connectivity index (χ2n) is 8.26. The van der Waals surface area contributed by atoms with Gasteiger partial charge in [-0.3, -0.25) is 9.58 Å². The van der Waals surface area contributed by atoms with Crippen LogP contribution in [-0.4, -0.2) is 72.3 Å². The fourth-order valence-electron chi connectivity index (χ4n) is 5.02. The Morgan fingerprint density at radius 1 is 1.08 bits per heavy atom. The Bertz CT molecular complexity index is 754. The SMILES string of the molecule is O=S(=O)(c1cnn(C2CCOC2)c1)N1CCC2C(CCCN2C2CC2)C1. The van der Waals surface area contributed by atoms with E-state index in [1.165, 1.54) is 32.0 Å². The summed E-state index contributed by atoms with van der Waals surface area (Å²) in [7, 11) is -3.45. The molecule has 3 atom stereocenters. The van der Waals surface area contributed by atoms with Crippen LogP contribution in [0.25, 0.3) is 0 Å². The van der Waals surface area contributed by atoms with Crippen molar-refractivity contribution in [1.82, 2.24) is 19.0 Å². The molecule has 0 aromatic carbocycles. The van der Waals surface area contributed by atoms with Crippen LogP contribution in [0.1, 0.15) is 44.6 Å². The number of ether oxygens (including phenoxy) is 1. The highest BCUT2D eigenvalue weighted by molar-refractivity contribution is 7.89. The number of fused-ring (bicyclic) bond motifs is 1. The molecule has 3 unspecified atom stereocenters. The minimum Gasteiger partial charge on any atom is -0.379 e. The lowest BCUT2D eigenvalue weighted by molar-refractivity contribution is 0.0412. The van der Waals surface area contributed by atoms with Gasteiger partial charge in [0.1, 0.15) is 4.90 Å². The van der Waals surface area contributed by atoms with Gasteiger partial charge in [0, 0.05) is 38.0 Å². The molecule has 1 aromatic rings. The molecule has 5 rings (SSSR count). The van der Waals surface area contributed by atoms with Gasteiger partial charge in [0.05, 0.1) is 18.8 Å². The minimum atomic E-state index is -3.45. The molecule has 0 radical (unpaired) electrons. The van der Waals surface area contributed by atoms with Crippen LogP contribution >= 0.6 is 0 Å². The number of rotatable bonds is 4. The molecule has 4 fully saturated rings. The molecule has 0 amide bonds. The molecular weight excluding hydrogens is 352 g/mol. The molecular formula is C18H28N4O3S. The van der Waals surface area contributed by atoms with Crippen molar-refractivity contribution < 1.29 is 13.2 Å². The molecule has 3 saturated heterocycles. The van der Waals surface area contributed by atoms with Crippen molar-refractivity contribution in [2.75, 3.05) is 32.8 Å². The smallest absolute Gasteiger partial charge is 0.246 e. The van der Waals surface area contributed by atoms with Crippen molar-refractivity contribution in [3.05, 3.63) is 12.4 Å². The van der Waals surface area contributed by atoms with Gasteiger partial charge in [0.25, 0.3) is 0 Å². The summed E-state index contributed by atoms with van der Waals surface area (Å²) in [6.45, 7) is 3.83. The van der Waals surface area contributed by atoms with Crippen molar-refractivity contribution in [2.45, 2.75) is 61.5 Å². The second kappa shape index (κ2) is 6.58. The minimum absolute atomic E-state index is 0.162. The van der Waals surface area contributed by atoms with E-state index >= 15 is 0 Å². The summed E-state index contributed by atoms with van der Waals surface area (Å²) in [4.78, 5) is 3.01. The monoisotopic (exact) mass is 380 g/mol. The molecule has 7 nitrogen and oxygen atoms in total. The predicted molar refractivity (Wildman–Crippen MR) is 96.3 cm³/mol. The van der Waals surface area contributed by atoms with Crippen LogP contribution in [-0.2, 0) is 14.8 Å². The highest BCUT2D eigenvalue weighted by Gasteiger charge is 2.44. The number of piperidine rings is 2. The van der Waals surface area contributed by atoms with Gasteiger partial charge in [-0.05, 0) is 51.0 Å². The fraction of sp³-hybridized carbons (Fsp3) is 0.833. The summed E-state index contributed by atoms with van der Waals surface area (Å²) in [5, 5.41) is 4.31.